The molecular formula is C10H12N4NaO3S. The first-order chi connectivity index (χ1) is 8.51. The summed E-state index contributed by atoms with van der Waals surface area (Å²) in [7, 11) is 0. The third-order valence-electron chi connectivity index (χ3n) is 3.39. The van der Waals surface area contributed by atoms with Gasteiger partial charge in [0.05, 0.1) is 29.3 Å². The maximum Gasteiger partial charge on any atom is 0.327 e. The molecule has 0 bridgehead atoms. The third-order valence-corrected chi connectivity index (χ3v) is 4.95. The zero-order valence-electron chi connectivity index (χ0n) is 10.7. The van der Waals surface area contributed by atoms with Crippen molar-refractivity contribution in [3.8, 4) is 0 Å². The molecule has 7 nitrogen and oxygen atoms in total. The summed E-state index contributed by atoms with van der Waals surface area (Å²) in [5, 5.41) is 16.9. The molecule has 0 aliphatic carbocycles. The van der Waals surface area contributed by atoms with Crippen molar-refractivity contribution in [2.45, 2.75) is 36.1 Å². The minimum atomic E-state index is -0.958. The van der Waals surface area contributed by atoms with Crippen molar-refractivity contribution in [2.24, 2.45) is 0 Å². The molecule has 2 aliphatic heterocycles. The second-order valence-corrected chi connectivity index (χ2v) is 6.44. The Bertz CT molecular complexity index is 511. The fraction of sp³-hybridized carbons (Fsp3) is 0.600. The zero-order chi connectivity index (χ0) is 12.9. The molecule has 1 aromatic heterocycles. The smallest absolute Gasteiger partial charge is 0.327 e. The average Bonchev–Trinajstić information content (AvgIpc) is 2.83. The molecule has 2 saturated heterocycles. The van der Waals surface area contributed by atoms with Gasteiger partial charge in [0, 0.05) is 35.8 Å². The van der Waals surface area contributed by atoms with E-state index in [0.29, 0.717) is 13.0 Å². The van der Waals surface area contributed by atoms with Gasteiger partial charge in [-0.2, -0.15) is 0 Å². The van der Waals surface area contributed by atoms with E-state index < -0.39 is 16.8 Å². The molecule has 1 N–H and O–H groups in total. The number of carboxylic acids is 1. The summed E-state index contributed by atoms with van der Waals surface area (Å²) in [6.45, 7) is 2.29. The molecule has 3 atom stereocenters. The van der Waals surface area contributed by atoms with Gasteiger partial charge in [-0.3, -0.25) is 9.48 Å². The summed E-state index contributed by atoms with van der Waals surface area (Å²) >= 11 is 1.54. The van der Waals surface area contributed by atoms with Crippen LogP contribution in [0.4, 0.5) is 0 Å². The van der Waals surface area contributed by atoms with Crippen molar-refractivity contribution in [2.75, 3.05) is 0 Å². The summed E-state index contributed by atoms with van der Waals surface area (Å²) in [5.74, 6) is -1.04. The summed E-state index contributed by atoms with van der Waals surface area (Å²) in [6, 6.07) is -0.794. The molecule has 1 amide bonds. The number of carbonyl (C=O) groups is 2. The standard InChI is InChI=1S/C10H12N4O3S.Na/c1-10(5-13-3-2-11-12-13)8(9(16)17)14-6(15)4-7(14)18-10;/h2-3,7-8H,4-5H2,1H3,(H,16,17);/t7-,8+,10+;/m1./s1. The summed E-state index contributed by atoms with van der Waals surface area (Å²) in [4.78, 5) is 24.4. The largest absolute Gasteiger partial charge is 0.480 e. The Morgan fingerprint density at radius 1 is 1.68 bits per heavy atom. The van der Waals surface area contributed by atoms with E-state index in [1.165, 1.54) is 16.7 Å². The van der Waals surface area contributed by atoms with Crippen LogP contribution in [0.1, 0.15) is 13.3 Å². The maximum absolute atomic E-state index is 11.5. The van der Waals surface area contributed by atoms with E-state index in [2.05, 4.69) is 10.3 Å². The van der Waals surface area contributed by atoms with Gasteiger partial charge in [-0.05, 0) is 6.92 Å². The number of nitrogens with zero attached hydrogens (tertiary/aromatic N) is 4. The number of β-lactam (4-membered cyclic amide) rings is 1. The number of hydrogen-bond acceptors (Lipinski definition) is 5. The third kappa shape index (κ3) is 2.31. The van der Waals surface area contributed by atoms with Crippen LogP contribution in [0.15, 0.2) is 12.4 Å². The van der Waals surface area contributed by atoms with Gasteiger partial charge in [-0.25, -0.2) is 4.79 Å². The molecule has 19 heavy (non-hydrogen) atoms. The Hall–Kier alpha value is -0.570. The van der Waals surface area contributed by atoms with Gasteiger partial charge in [0.2, 0.25) is 5.91 Å². The van der Waals surface area contributed by atoms with Gasteiger partial charge in [0.15, 0.2) is 0 Å². The number of amides is 1. The Morgan fingerprint density at radius 3 is 2.95 bits per heavy atom. The number of carboxylic acid groups (broad SMARTS) is 1. The molecule has 0 aromatic carbocycles. The Labute approximate surface area is 136 Å². The number of rotatable bonds is 3. The minimum absolute atomic E-state index is 0. The fourth-order valence-corrected chi connectivity index (χ4v) is 4.37. The average molecular weight is 291 g/mol. The van der Waals surface area contributed by atoms with Crippen molar-refractivity contribution in [1.82, 2.24) is 19.9 Å². The van der Waals surface area contributed by atoms with Gasteiger partial charge < -0.3 is 10.0 Å². The van der Waals surface area contributed by atoms with Crippen LogP contribution >= 0.6 is 11.8 Å². The minimum Gasteiger partial charge on any atom is -0.480 e. The second kappa shape index (κ2) is 5.08. The molecule has 1 radical (unpaired) electrons. The van der Waals surface area contributed by atoms with Gasteiger partial charge >= 0.3 is 5.97 Å². The van der Waals surface area contributed by atoms with Crippen molar-refractivity contribution in [3.63, 3.8) is 0 Å². The SMILES string of the molecule is C[C@@]1(Cn2ccnn2)S[C@@H]2CC(=O)N2[C@H]1C(=O)O.[Na]. The van der Waals surface area contributed by atoms with Gasteiger partial charge in [0.25, 0.3) is 0 Å². The van der Waals surface area contributed by atoms with E-state index in [1.807, 2.05) is 6.92 Å². The first kappa shape index (κ1) is 14.8. The van der Waals surface area contributed by atoms with E-state index in [9.17, 15) is 14.7 Å². The normalized spacial score (nSPS) is 32.5. The van der Waals surface area contributed by atoms with E-state index >= 15 is 0 Å². The number of aromatic nitrogens is 3. The predicted molar refractivity (Wildman–Crippen MR) is 68.4 cm³/mol. The molecule has 1 aromatic rings. The molecule has 3 rings (SSSR count). The quantitative estimate of drug-likeness (QED) is 0.592. The van der Waals surface area contributed by atoms with Crippen LogP contribution in [0.25, 0.3) is 0 Å². The Kier molecular flexibility index (Phi) is 3.97. The number of carbonyl (C=O) groups excluding carboxylic acids is 1. The Balaban J connectivity index is 0.00000133. The summed E-state index contributed by atoms with van der Waals surface area (Å²) in [6.07, 6.45) is 3.68. The van der Waals surface area contributed by atoms with Crippen molar-refractivity contribution in [1.29, 1.82) is 0 Å². The van der Waals surface area contributed by atoms with E-state index in [1.54, 1.807) is 17.1 Å². The van der Waals surface area contributed by atoms with Gasteiger partial charge in [0.1, 0.15) is 6.04 Å². The molecular weight excluding hydrogens is 279 g/mol. The van der Waals surface area contributed by atoms with Gasteiger partial charge in [-0.1, -0.05) is 5.21 Å². The summed E-state index contributed by atoms with van der Waals surface area (Å²) < 4.78 is 1.04. The van der Waals surface area contributed by atoms with E-state index in [-0.39, 0.29) is 40.8 Å². The molecule has 0 spiro atoms. The number of aliphatic carboxylic acids is 1. The molecule has 3 heterocycles. The summed E-state index contributed by atoms with van der Waals surface area (Å²) in [5.41, 5.74) is 0. The molecule has 0 unspecified atom stereocenters. The van der Waals surface area contributed by atoms with Crippen LogP contribution < -0.4 is 0 Å². The second-order valence-electron chi connectivity index (χ2n) is 4.73. The van der Waals surface area contributed by atoms with E-state index in [4.69, 9.17) is 0 Å². The molecule has 9 heteroatoms. The number of fused-ring (bicyclic) bond motifs is 1. The topological polar surface area (TPSA) is 88.3 Å². The van der Waals surface area contributed by atoms with Crippen LogP contribution in [0, 0.1) is 0 Å². The zero-order valence-corrected chi connectivity index (χ0v) is 13.5. The van der Waals surface area contributed by atoms with Crippen LogP contribution in [0.5, 0.6) is 0 Å². The first-order valence-electron chi connectivity index (χ1n) is 5.57. The monoisotopic (exact) mass is 291 g/mol. The number of thioether (sulfide) groups is 1. The molecule has 2 aliphatic rings. The van der Waals surface area contributed by atoms with Crippen LogP contribution in [0.3, 0.4) is 0 Å². The molecule has 2 fully saturated rings. The van der Waals surface area contributed by atoms with Crippen LogP contribution in [-0.4, -0.2) is 82.6 Å². The predicted octanol–water partition coefficient (Wildman–Crippen LogP) is -0.586. The molecule has 97 valence electrons. The van der Waals surface area contributed by atoms with Crippen molar-refractivity contribution >= 4 is 53.2 Å². The van der Waals surface area contributed by atoms with Crippen molar-refractivity contribution < 1.29 is 14.7 Å². The number of hydrogen-bond donors (Lipinski definition) is 1. The van der Waals surface area contributed by atoms with Gasteiger partial charge in [-0.15, -0.1) is 16.9 Å². The Morgan fingerprint density at radius 2 is 2.42 bits per heavy atom. The first-order valence-corrected chi connectivity index (χ1v) is 6.45. The van der Waals surface area contributed by atoms with Crippen LogP contribution in [-0.2, 0) is 16.1 Å². The fourth-order valence-electron chi connectivity index (χ4n) is 2.62. The van der Waals surface area contributed by atoms with Crippen LogP contribution in [0.2, 0.25) is 0 Å². The van der Waals surface area contributed by atoms with E-state index in [0.717, 1.165) is 0 Å². The van der Waals surface area contributed by atoms with Crippen molar-refractivity contribution in [3.05, 3.63) is 12.4 Å². The molecule has 0 saturated carbocycles. The maximum atomic E-state index is 11.5.